The monoisotopic (exact) mass is 367 g/mol. The molecule has 0 unspecified atom stereocenters. The summed E-state index contributed by atoms with van der Waals surface area (Å²) in [7, 11) is 0. The van der Waals surface area contributed by atoms with E-state index in [2.05, 4.69) is 26.0 Å². The molecule has 0 bridgehead atoms. The molecule has 2 aromatic rings. The maximum absolute atomic E-state index is 11.3. The average Bonchev–Trinajstić information content (AvgIpc) is 2.58. The first-order valence-electron chi connectivity index (χ1n) is 7.09. The van der Waals surface area contributed by atoms with Gasteiger partial charge in [-0.15, -0.1) is 5.76 Å². The molecule has 4 nitrogen and oxygen atoms in total. The number of allylic oxidation sites excluding steroid dienone is 1. The molecule has 114 valence electrons. The van der Waals surface area contributed by atoms with Gasteiger partial charge in [-0.2, -0.15) is 0 Å². The van der Waals surface area contributed by atoms with Gasteiger partial charge in [-0.05, 0) is 32.4 Å². The van der Waals surface area contributed by atoms with Crippen LogP contribution in [-0.4, -0.2) is 12.1 Å². The molecule has 3 rings (SSSR count). The molecule has 0 amide bonds. The first-order chi connectivity index (χ1) is 11.1. The molecule has 5 heteroatoms. The summed E-state index contributed by atoms with van der Waals surface area (Å²) in [6, 6.07) is 13.2. The third-order valence-corrected chi connectivity index (χ3v) is 3.94. The Kier molecular flexibility index (Phi) is 4.48. The number of dihydropyridines is 1. The van der Waals surface area contributed by atoms with Crippen LogP contribution >= 0.6 is 15.9 Å². The number of aliphatic imine (C=N–C) groups is 1. The van der Waals surface area contributed by atoms with E-state index in [0.717, 1.165) is 15.3 Å². The van der Waals surface area contributed by atoms with Crippen molar-refractivity contribution in [2.45, 2.75) is 6.92 Å². The summed E-state index contributed by atoms with van der Waals surface area (Å²) in [6.45, 7) is 1.56. The minimum atomic E-state index is 0.0601. The third kappa shape index (κ3) is 3.63. The first kappa shape index (κ1) is 15.4. The van der Waals surface area contributed by atoms with Crippen molar-refractivity contribution >= 4 is 39.3 Å². The quantitative estimate of drug-likeness (QED) is 0.689. The van der Waals surface area contributed by atoms with E-state index < -0.39 is 0 Å². The number of rotatable bonds is 1. The van der Waals surface area contributed by atoms with E-state index in [1.54, 1.807) is 17.8 Å². The zero-order valence-electron chi connectivity index (χ0n) is 12.5. The number of pyridine rings is 1. The highest BCUT2D eigenvalue weighted by atomic mass is 79.9. The first-order valence-corrected chi connectivity index (χ1v) is 7.88. The molecule has 0 spiro atoms. The lowest BCUT2D eigenvalue weighted by Crippen LogP contribution is -2.28. The molecule has 1 aromatic heterocycles. The van der Waals surface area contributed by atoms with Crippen LogP contribution in [-0.2, 0) is 0 Å². The molecule has 1 aliphatic rings. The maximum Gasteiger partial charge on any atom is 0.234 e. The topological polar surface area (TPSA) is 51.7 Å². The summed E-state index contributed by atoms with van der Waals surface area (Å²) < 4.78 is 2.51. The number of hydrogen-bond donors (Lipinski definition) is 0. The van der Waals surface area contributed by atoms with Gasteiger partial charge in [-0.25, -0.2) is 4.99 Å². The molecule has 1 aromatic carbocycles. The number of benzene rings is 1. The Morgan fingerprint density at radius 1 is 1.13 bits per heavy atom. The van der Waals surface area contributed by atoms with Gasteiger partial charge in [0.25, 0.3) is 0 Å². The fraction of sp³-hybridized carbons (Fsp3) is 0.0556. The predicted molar refractivity (Wildman–Crippen MR) is 93.2 cm³/mol. The van der Waals surface area contributed by atoms with Gasteiger partial charge in [-0.3, -0.25) is 0 Å². The van der Waals surface area contributed by atoms with Gasteiger partial charge in [0.05, 0.1) is 4.48 Å². The zero-order chi connectivity index (χ0) is 16.2. The van der Waals surface area contributed by atoms with E-state index in [1.807, 2.05) is 60.9 Å². The fourth-order valence-electron chi connectivity index (χ4n) is 2.13. The molecular formula is C18H14BrN3O. The third-order valence-electron chi connectivity index (χ3n) is 3.36. The van der Waals surface area contributed by atoms with Crippen LogP contribution in [0.1, 0.15) is 6.92 Å². The molecule has 2 heterocycles. The lowest BCUT2D eigenvalue weighted by molar-refractivity contribution is -0.678. The van der Waals surface area contributed by atoms with Gasteiger partial charge in [0, 0.05) is 29.0 Å². The van der Waals surface area contributed by atoms with Crippen LogP contribution in [0, 0.1) is 0 Å². The van der Waals surface area contributed by atoms with Crippen LogP contribution < -0.4 is 20.2 Å². The molecule has 0 radical (unpaired) electrons. The van der Waals surface area contributed by atoms with Gasteiger partial charge >= 0.3 is 0 Å². The lowest BCUT2D eigenvalue weighted by Gasteiger charge is -2.06. The molecule has 23 heavy (non-hydrogen) atoms. The normalized spacial score (nSPS) is 15.7. The van der Waals surface area contributed by atoms with Crippen LogP contribution in [0.25, 0.3) is 11.3 Å². The predicted octanol–water partition coefficient (Wildman–Crippen LogP) is 0.838. The van der Waals surface area contributed by atoms with Crippen molar-refractivity contribution in [2.75, 3.05) is 0 Å². The highest BCUT2D eigenvalue weighted by Crippen LogP contribution is 2.16. The van der Waals surface area contributed by atoms with Crippen LogP contribution in [0.5, 0.6) is 0 Å². The number of aromatic nitrogens is 1. The van der Waals surface area contributed by atoms with Crippen LogP contribution in [0.4, 0.5) is 0 Å². The SMILES string of the molecule is CC([O-])=c1ccc(=C2C=N/C(=N/[n+]3ccccc3)C(Br)=C2)cc1. The van der Waals surface area contributed by atoms with Crippen molar-refractivity contribution in [3.63, 3.8) is 0 Å². The summed E-state index contributed by atoms with van der Waals surface area (Å²) in [4.78, 5) is 4.41. The standard InChI is InChI=1S/C18H14BrN3O/c1-13(23)14-5-7-15(8-6-14)16-11-17(19)18(20-12-16)21-22-9-3-2-4-10-22/h2-12H,1H3. The second kappa shape index (κ2) is 6.71. The van der Waals surface area contributed by atoms with Gasteiger partial charge < -0.3 is 5.11 Å². The summed E-state index contributed by atoms with van der Waals surface area (Å²) in [5.74, 6) is 0.662. The van der Waals surface area contributed by atoms with Crippen LogP contribution in [0.15, 0.2) is 75.5 Å². The zero-order valence-corrected chi connectivity index (χ0v) is 14.1. The number of nitrogens with zero attached hydrogens (tertiary/aromatic N) is 3. The molecule has 0 saturated heterocycles. The maximum atomic E-state index is 11.3. The van der Waals surface area contributed by atoms with E-state index in [9.17, 15) is 5.11 Å². The molecule has 0 atom stereocenters. The highest BCUT2D eigenvalue weighted by Gasteiger charge is 2.12. The minimum Gasteiger partial charge on any atom is -0.875 e. The Balaban J connectivity index is 1.99. The van der Waals surface area contributed by atoms with Crippen LogP contribution in [0.2, 0.25) is 0 Å². The lowest BCUT2D eigenvalue weighted by atomic mass is 10.1. The van der Waals surface area contributed by atoms with E-state index >= 15 is 0 Å². The Labute approximate surface area is 142 Å². The smallest absolute Gasteiger partial charge is 0.234 e. The Morgan fingerprint density at radius 2 is 1.83 bits per heavy atom. The van der Waals surface area contributed by atoms with Crippen molar-refractivity contribution in [2.24, 2.45) is 10.1 Å². The van der Waals surface area contributed by atoms with Gasteiger partial charge in [-0.1, -0.05) is 41.9 Å². The van der Waals surface area contributed by atoms with Crippen molar-refractivity contribution in [3.05, 3.63) is 75.9 Å². The van der Waals surface area contributed by atoms with Crippen molar-refractivity contribution in [1.82, 2.24) is 0 Å². The Hall–Kier alpha value is -2.53. The molecule has 1 aliphatic heterocycles. The summed E-state index contributed by atoms with van der Waals surface area (Å²) in [5.41, 5.74) is 0.962. The fourth-order valence-corrected chi connectivity index (χ4v) is 2.55. The minimum absolute atomic E-state index is 0.0601. The molecule has 0 saturated carbocycles. The van der Waals surface area contributed by atoms with Gasteiger partial charge in [0.15, 0.2) is 0 Å². The molecule has 0 N–H and O–H groups in total. The van der Waals surface area contributed by atoms with Crippen molar-refractivity contribution in [1.29, 1.82) is 0 Å². The Morgan fingerprint density at radius 3 is 2.43 bits per heavy atom. The largest absolute Gasteiger partial charge is 0.875 e. The number of amidine groups is 1. The highest BCUT2D eigenvalue weighted by molar-refractivity contribution is 9.12. The van der Waals surface area contributed by atoms with E-state index in [4.69, 9.17) is 0 Å². The summed E-state index contributed by atoms with van der Waals surface area (Å²) in [5, 5.41) is 17.5. The average molecular weight is 368 g/mol. The summed E-state index contributed by atoms with van der Waals surface area (Å²) in [6.07, 6.45) is 7.44. The Bertz CT molecular complexity index is 916. The van der Waals surface area contributed by atoms with E-state index in [0.29, 0.717) is 11.1 Å². The second-order valence-electron chi connectivity index (χ2n) is 5.02. The number of hydrogen-bond acceptors (Lipinski definition) is 2. The van der Waals surface area contributed by atoms with Gasteiger partial charge in [0.1, 0.15) is 0 Å². The van der Waals surface area contributed by atoms with E-state index in [1.165, 1.54) is 0 Å². The van der Waals surface area contributed by atoms with Gasteiger partial charge in [0.2, 0.25) is 18.2 Å². The molecular weight excluding hydrogens is 354 g/mol. The van der Waals surface area contributed by atoms with Crippen molar-refractivity contribution in [3.8, 4) is 0 Å². The summed E-state index contributed by atoms with van der Waals surface area (Å²) >= 11 is 3.52. The van der Waals surface area contributed by atoms with Crippen LogP contribution in [0.3, 0.4) is 0 Å². The van der Waals surface area contributed by atoms with Crippen molar-refractivity contribution < 1.29 is 9.78 Å². The van der Waals surface area contributed by atoms with E-state index in [-0.39, 0.29) is 5.76 Å². The molecule has 0 aliphatic carbocycles. The number of halogens is 1. The molecule has 0 fully saturated rings. The second-order valence-corrected chi connectivity index (χ2v) is 5.87.